The fraction of sp³-hybridized carbons (Fsp3) is 0.353. The fourth-order valence-corrected chi connectivity index (χ4v) is 2.14. The Kier molecular flexibility index (Phi) is 6.31. The molecule has 0 amide bonds. The van der Waals surface area contributed by atoms with Gasteiger partial charge >= 0.3 is 0 Å². The summed E-state index contributed by atoms with van der Waals surface area (Å²) in [5.74, 6) is -0.881. The monoisotopic (exact) mass is 337 g/mol. The van der Waals surface area contributed by atoms with E-state index in [1.54, 1.807) is 12.1 Å². The third-order valence-electron chi connectivity index (χ3n) is 3.44. The number of hydrogen-bond donors (Lipinski definition) is 3. The number of aliphatic imine (C=N–C) groups is 1. The van der Waals surface area contributed by atoms with Crippen LogP contribution in [0.25, 0.3) is 0 Å². The van der Waals surface area contributed by atoms with Crippen LogP contribution < -0.4 is 10.6 Å². The minimum Gasteiger partial charge on any atom is -0.467 e. The highest BCUT2D eigenvalue weighted by molar-refractivity contribution is 5.80. The summed E-state index contributed by atoms with van der Waals surface area (Å²) >= 11 is 0. The Morgan fingerprint density at radius 2 is 2.08 bits per heavy atom. The third-order valence-corrected chi connectivity index (χ3v) is 3.44. The molecule has 1 aromatic carbocycles. The number of halogens is 2. The average Bonchev–Trinajstić information content (AvgIpc) is 3.09. The second-order valence-electron chi connectivity index (χ2n) is 5.29. The van der Waals surface area contributed by atoms with Crippen molar-refractivity contribution in [1.29, 1.82) is 0 Å². The molecule has 2 rings (SSSR count). The van der Waals surface area contributed by atoms with Crippen LogP contribution >= 0.6 is 0 Å². The summed E-state index contributed by atoms with van der Waals surface area (Å²) in [6.45, 7) is 4.44. The Labute approximate surface area is 139 Å². The van der Waals surface area contributed by atoms with Crippen LogP contribution in [-0.2, 0) is 0 Å². The van der Waals surface area contributed by atoms with Crippen LogP contribution in [0.4, 0.5) is 8.78 Å². The Balaban J connectivity index is 2.03. The lowest BCUT2D eigenvalue weighted by molar-refractivity contribution is 0.158. The first-order valence-electron chi connectivity index (χ1n) is 7.72. The SMILES string of the molecule is CCNC(=NCC(O)c1ccco1)NC(C)c1ccc(F)c(F)c1. The third kappa shape index (κ3) is 4.79. The second-order valence-corrected chi connectivity index (χ2v) is 5.29. The predicted octanol–water partition coefficient (Wildman–Crippen LogP) is 2.91. The molecule has 2 aromatic rings. The molecule has 0 spiro atoms. The molecule has 0 aliphatic rings. The maximum Gasteiger partial charge on any atom is 0.191 e. The zero-order chi connectivity index (χ0) is 17.5. The van der Waals surface area contributed by atoms with Gasteiger partial charge in [0.2, 0.25) is 0 Å². The number of aliphatic hydroxyl groups is 1. The molecule has 130 valence electrons. The van der Waals surface area contributed by atoms with Gasteiger partial charge in [-0.15, -0.1) is 0 Å². The van der Waals surface area contributed by atoms with Gasteiger partial charge in [0.05, 0.1) is 18.8 Å². The molecule has 24 heavy (non-hydrogen) atoms. The van der Waals surface area contributed by atoms with Crippen molar-refractivity contribution in [1.82, 2.24) is 10.6 Å². The van der Waals surface area contributed by atoms with Gasteiger partial charge in [-0.25, -0.2) is 8.78 Å². The highest BCUT2D eigenvalue weighted by Gasteiger charge is 2.13. The summed E-state index contributed by atoms with van der Waals surface area (Å²) in [6, 6.07) is 6.82. The van der Waals surface area contributed by atoms with E-state index in [0.29, 0.717) is 23.8 Å². The predicted molar refractivity (Wildman–Crippen MR) is 87.6 cm³/mol. The van der Waals surface area contributed by atoms with Crippen molar-refractivity contribution in [3.63, 3.8) is 0 Å². The number of benzene rings is 1. The molecule has 7 heteroatoms. The lowest BCUT2D eigenvalue weighted by atomic mass is 10.1. The molecule has 0 saturated carbocycles. The van der Waals surface area contributed by atoms with Gasteiger partial charge in [-0.05, 0) is 43.7 Å². The maximum absolute atomic E-state index is 13.3. The van der Waals surface area contributed by atoms with Gasteiger partial charge in [-0.2, -0.15) is 0 Å². The quantitative estimate of drug-likeness (QED) is 0.560. The Hall–Kier alpha value is -2.41. The standard InChI is InChI=1S/C17H21F2N3O2/c1-3-20-17(21-10-15(23)16-5-4-8-24-16)22-11(2)12-6-7-13(18)14(19)9-12/h4-9,11,15,23H,3,10H2,1-2H3,(H2,20,21,22). The van der Waals surface area contributed by atoms with Crippen molar-refractivity contribution in [3.8, 4) is 0 Å². The number of nitrogens with one attached hydrogen (secondary N) is 2. The molecule has 0 aliphatic carbocycles. The van der Waals surface area contributed by atoms with Crippen LogP contribution in [0.3, 0.4) is 0 Å². The van der Waals surface area contributed by atoms with E-state index in [1.165, 1.54) is 12.3 Å². The highest BCUT2D eigenvalue weighted by Crippen LogP contribution is 2.16. The van der Waals surface area contributed by atoms with Gasteiger partial charge in [0.25, 0.3) is 0 Å². The molecule has 1 aromatic heterocycles. The van der Waals surface area contributed by atoms with E-state index >= 15 is 0 Å². The van der Waals surface area contributed by atoms with Crippen molar-refractivity contribution in [2.24, 2.45) is 4.99 Å². The minimum atomic E-state index is -0.892. The number of rotatable bonds is 6. The molecule has 0 fully saturated rings. The molecule has 2 unspecified atom stereocenters. The Morgan fingerprint density at radius 1 is 1.29 bits per heavy atom. The van der Waals surface area contributed by atoms with E-state index in [1.807, 2.05) is 13.8 Å². The van der Waals surface area contributed by atoms with E-state index < -0.39 is 17.7 Å². The van der Waals surface area contributed by atoms with Gasteiger partial charge in [0.1, 0.15) is 11.9 Å². The largest absolute Gasteiger partial charge is 0.467 e. The maximum atomic E-state index is 13.3. The smallest absolute Gasteiger partial charge is 0.191 e. The van der Waals surface area contributed by atoms with Crippen molar-refractivity contribution in [2.45, 2.75) is 26.0 Å². The lowest BCUT2D eigenvalue weighted by Crippen LogP contribution is -2.39. The summed E-state index contributed by atoms with van der Waals surface area (Å²) in [6.07, 6.45) is 0.630. The lowest BCUT2D eigenvalue weighted by Gasteiger charge is -2.18. The van der Waals surface area contributed by atoms with Crippen LogP contribution in [0.5, 0.6) is 0 Å². The van der Waals surface area contributed by atoms with E-state index in [4.69, 9.17) is 4.42 Å². The first kappa shape index (κ1) is 17.9. The molecular formula is C17H21F2N3O2. The number of guanidine groups is 1. The van der Waals surface area contributed by atoms with Gasteiger partial charge in [0.15, 0.2) is 17.6 Å². The van der Waals surface area contributed by atoms with Gasteiger partial charge in [-0.1, -0.05) is 6.07 Å². The zero-order valence-electron chi connectivity index (χ0n) is 13.6. The van der Waals surface area contributed by atoms with Crippen molar-refractivity contribution in [3.05, 3.63) is 59.6 Å². The molecule has 5 nitrogen and oxygen atoms in total. The summed E-state index contributed by atoms with van der Waals surface area (Å²) in [7, 11) is 0. The Morgan fingerprint density at radius 3 is 2.71 bits per heavy atom. The average molecular weight is 337 g/mol. The molecule has 0 bridgehead atoms. The topological polar surface area (TPSA) is 69.8 Å². The summed E-state index contributed by atoms with van der Waals surface area (Å²) in [5.41, 5.74) is 0.589. The molecule has 3 N–H and O–H groups in total. The molecular weight excluding hydrogens is 316 g/mol. The van der Waals surface area contributed by atoms with E-state index in [9.17, 15) is 13.9 Å². The zero-order valence-corrected chi connectivity index (χ0v) is 13.6. The highest BCUT2D eigenvalue weighted by atomic mass is 19.2. The summed E-state index contributed by atoms with van der Waals surface area (Å²) < 4.78 is 31.5. The van der Waals surface area contributed by atoms with Gasteiger partial charge in [0, 0.05) is 6.54 Å². The normalized spacial score (nSPS) is 14.3. The van der Waals surface area contributed by atoms with Crippen LogP contribution in [0, 0.1) is 11.6 Å². The van der Waals surface area contributed by atoms with E-state index in [-0.39, 0.29) is 12.6 Å². The van der Waals surface area contributed by atoms with Crippen LogP contribution in [0.15, 0.2) is 46.0 Å². The number of nitrogens with zero attached hydrogens (tertiary/aromatic N) is 1. The minimum absolute atomic E-state index is 0.105. The summed E-state index contributed by atoms with van der Waals surface area (Å²) in [4.78, 5) is 4.29. The fourth-order valence-electron chi connectivity index (χ4n) is 2.14. The first-order valence-corrected chi connectivity index (χ1v) is 7.72. The second kappa shape index (κ2) is 8.44. The van der Waals surface area contributed by atoms with Crippen LogP contribution in [-0.4, -0.2) is 24.2 Å². The molecule has 0 radical (unpaired) electrons. The van der Waals surface area contributed by atoms with E-state index in [2.05, 4.69) is 15.6 Å². The summed E-state index contributed by atoms with van der Waals surface area (Å²) in [5, 5.41) is 16.1. The van der Waals surface area contributed by atoms with Gasteiger partial charge in [-0.3, -0.25) is 4.99 Å². The number of furan rings is 1. The van der Waals surface area contributed by atoms with E-state index in [0.717, 1.165) is 12.1 Å². The Bertz CT molecular complexity index is 674. The van der Waals surface area contributed by atoms with Crippen molar-refractivity contribution in [2.75, 3.05) is 13.1 Å². The van der Waals surface area contributed by atoms with Crippen LogP contribution in [0.2, 0.25) is 0 Å². The van der Waals surface area contributed by atoms with Crippen LogP contribution in [0.1, 0.15) is 37.3 Å². The molecule has 1 heterocycles. The number of hydrogen-bond acceptors (Lipinski definition) is 3. The molecule has 2 atom stereocenters. The molecule has 0 aliphatic heterocycles. The van der Waals surface area contributed by atoms with Crippen molar-refractivity contribution >= 4 is 5.96 Å². The number of aliphatic hydroxyl groups excluding tert-OH is 1. The molecule has 0 saturated heterocycles. The van der Waals surface area contributed by atoms with Crippen molar-refractivity contribution < 1.29 is 18.3 Å². The van der Waals surface area contributed by atoms with Gasteiger partial charge < -0.3 is 20.2 Å². The first-order chi connectivity index (χ1) is 11.5.